The van der Waals surface area contributed by atoms with Crippen molar-refractivity contribution in [3.63, 3.8) is 0 Å². The molecule has 2 unspecified atom stereocenters. The third-order valence-electron chi connectivity index (χ3n) is 3.74. The van der Waals surface area contributed by atoms with Gasteiger partial charge >= 0.3 is 5.97 Å². The van der Waals surface area contributed by atoms with Crippen LogP contribution in [0.25, 0.3) is 0 Å². The number of amides is 1. The number of ether oxygens (including phenoxy) is 2. The number of halogens is 1. The summed E-state index contributed by atoms with van der Waals surface area (Å²) in [7, 11) is 0. The molecule has 0 aliphatic heterocycles. The first-order valence-corrected chi connectivity index (χ1v) is 8.26. The molecule has 0 bridgehead atoms. The summed E-state index contributed by atoms with van der Waals surface area (Å²) in [6.07, 6.45) is -0.607. The van der Waals surface area contributed by atoms with Crippen molar-refractivity contribution in [3.8, 4) is 0 Å². The van der Waals surface area contributed by atoms with Gasteiger partial charge in [-0.25, -0.2) is 4.79 Å². The summed E-state index contributed by atoms with van der Waals surface area (Å²) < 4.78 is 10.5. The zero-order valence-corrected chi connectivity index (χ0v) is 14.9. The van der Waals surface area contributed by atoms with Gasteiger partial charge in [-0.3, -0.25) is 4.79 Å². The Balaban J connectivity index is 2.88. The Kier molecular flexibility index (Phi) is 8.18. The SMILES string of the molecule is CCOCCOC(C)C(=O)NC(CC)(C(=O)O)c1ccc(Cl)cc1. The molecule has 1 aromatic rings. The van der Waals surface area contributed by atoms with Crippen LogP contribution in [0.1, 0.15) is 32.8 Å². The van der Waals surface area contributed by atoms with Crippen molar-refractivity contribution in [1.82, 2.24) is 5.32 Å². The average Bonchev–Trinajstić information content (AvgIpc) is 2.56. The topological polar surface area (TPSA) is 84.9 Å². The van der Waals surface area contributed by atoms with Gasteiger partial charge < -0.3 is 19.9 Å². The van der Waals surface area contributed by atoms with Gasteiger partial charge in [0.05, 0.1) is 13.2 Å². The van der Waals surface area contributed by atoms with Gasteiger partial charge in [-0.2, -0.15) is 0 Å². The molecule has 0 aromatic heterocycles. The van der Waals surface area contributed by atoms with Crippen LogP contribution in [0.4, 0.5) is 0 Å². The Morgan fingerprint density at radius 3 is 2.38 bits per heavy atom. The van der Waals surface area contributed by atoms with Crippen molar-refractivity contribution < 1.29 is 24.2 Å². The molecule has 0 saturated carbocycles. The van der Waals surface area contributed by atoms with Crippen LogP contribution in [-0.2, 0) is 24.6 Å². The molecule has 2 N–H and O–H groups in total. The van der Waals surface area contributed by atoms with E-state index in [1.54, 1.807) is 38.1 Å². The predicted molar refractivity (Wildman–Crippen MR) is 91.1 cm³/mol. The fraction of sp³-hybridized carbons (Fsp3) is 0.529. The largest absolute Gasteiger partial charge is 0.479 e. The summed E-state index contributed by atoms with van der Waals surface area (Å²) in [6.45, 7) is 6.34. The van der Waals surface area contributed by atoms with Crippen molar-refractivity contribution in [2.75, 3.05) is 19.8 Å². The third-order valence-corrected chi connectivity index (χ3v) is 3.99. The number of carbonyl (C=O) groups excluding carboxylic acids is 1. The molecule has 0 aliphatic carbocycles. The summed E-state index contributed by atoms with van der Waals surface area (Å²) in [6, 6.07) is 6.39. The lowest BCUT2D eigenvalue weighted by atomic mass is 9.87. The van der Waals surface area contributed by atoms with Crippen molar-refractivity contribution >= 4 is 23.5 Å². The lowest BCUT2D eigenvalue weighted by Crippen LogP contribution is -2.54. The van der Waals surface area contributed by atoms with Gasteiger partial charge in [0.15, 0.2) is 5.54 Å². The van der Waals surface area contributed by atoms with Gasteiger partial charge in [0.1, 0.15) is 6.10 Å². The fourth-order valence-corrected chi connectivity index (χ4v) is 2.37. The molecule has 6 nitrogen and oxygen atoms in total. The van der Waals surface area contributed by atoms with Gasteiger partial charge in [0.2, 0.25) is 5.91 Å². The van der Waals surface area contributed by atoms with E-state index in [2.05, 4.69) is 5.32 Å². The van der Waals surface area contributed by atoms with Crippen molar-refractivity contribution in [1.29, 1.82) is 0 Å². The summed E-state index contributed by atoms with van der Waals surface area (Å²) in [5.74, 6) is -1.63. The molecule has 0 spiro atoms. The maximum Gasteiger partial charge on any atom is 0.334 e. The maximum atomic E-state index is 12.4. The third kappa shape index (κ3) is 5.19. The van der Waals surface area contributed by atoms with Crippen molar-refractivity contribution in [2.45, 2.75) is 38.8 Å². The van der Waals surface area contributed by atoms with Crippen LogP contribution < -0.4 is 5.32 Å². The van der Waals surface area contributed by atoms with E-state index in [-0.39, 0.29) is 13.0 Å². The molecule has 1 amide bonds. The minimum atomic E-state index is -1.53. The van der Waals surface area contributed by atoms with Crippen LogP contribution in [0.15, 0.2) is 24.3 Å². The number of benzene rings is 1. The highest BCUT2D eigenvalue weighted by molar-refractivity contribution is 6.30. The monoisotopic (exact) mass is 357 g/mol. The van der Waals surface area contributed by atoms with E-state index in [1.807, 2.05) is 6.92 Å². The molecule has 0 aliphatic rings. The average molecular weight is 358 g/mol. The van der Waals surface area contributed by atoms with E-state index in [4.69, 9.17) is 21.1 Å². The number of rotatable bonds is 10. The van der Waals surface area contributed by atoms with E-state index in [9.17, 15) is 14.7 Å². The number of hydrogen-bond acceptors (Lipinski definition) is 4. The summed E-state index contributed by atoms with van der Waals surface area (Å²) in [4.78, 5) is 24.2. The molecule has 0 radical (unpaired) electrons. The molecule has 1 aromatic carbocycles. The van der Waals surface area contributed by atoms with Gasteiger partial charge in [0.25, 0.3) is 0 Å². The van der Waals surface area contributed by atoms with E-state index >= 15 is 0 Å². The van der Waals surface area contributed by atoms with E-state index in [0.717, 1.165) is 0 Å². The number of carboxylic acids is 1. The highest BCUT2D eigenvalue weighted by atomic mass is 35.5. The molecular weight excluding hydrogens is 334 g/mol. The molecule has 2 atom stereocenters. The molecule has 24 heavy (non-hydrogen) atoms. The quantitative estimate of drug-likeness (QED) is 0.629. The van der Waals surface area contributed by atoms with Crippen LogP contribution in [0.5, 0.6) is 0 Å². The Labute approximate surface area is 147 Å². The van der Waals surface area contributed by atoms with E-state index in [0.29, 0.717) is 23.8 Å². The lowest BCUT2D eigenvalue weighted by Gasteiger charge is -2.31. The number of nitrogens with one attached hydrogen (secondary N) is 1. The van der Waals surface area contributed by atoms with Gasteiger partial charge in [-0.15, -0.1) is 0 Å². The molecular formula is C17H24ClNO5. The second-order valence-corrected chi connectivity index (χ2v) is 5.71. The standard InChI is InChI=1S/C17H24ClNO5/c1-4-17(16(21)22,13-6-8-14(18)9-7-13)19-15(20)12(3)24-11-10-23-5-2/h6-9,12H,4-5,10-11H2,1-3H3,(H,19,20)(H,21,22). The Hall–Kier alpha value is -1.63. The summed E-state index contributed by atoms with van der Waals surface area (Å²) >= 11 is 5.86. The van der Waals surface area contributed by atoms with Crippen LogP contribution in [0.3, 0.4) is 0 Å². The Bertz CT molecular complexity index is 548. The maximum absolute atomic E-state index is 12.4. The first kappa shape index (κ1) is 20.4. The molecule has 0 heterocycles. The van der Waals surface area contributed by atoms with Crippen LogP contribution in [0, 0.1) is 0 Å². The number of carbonyl (C=O) groups is 2. The van der Waals surface area contributed by atoms with Crippen LogP contribution in [-0.4, -0.2) is 42.9 Å². The van der Waals surface area contributed by atoms with E-state index < -0.39 is 23.5 Å². The van der Waals surface area contributed by atoms with Crippen molar-refractivity contribution in [3.05, 3.63) is 34.9 Å². The van der Waals surface area contributed by atoms with E-state index in [1.165, 1.54) is 0 Å². The highest BCUT2D eigenvalue weighted by Gasteiger charge is 2.41. The number of carboxylic acid groups (broad SMARTS) is 1. The first-order valence-electron chi connectivity index (χ1n) is 7.88. The molecule has 134 valence electrons. The van der Waals surface area contributed by atoms with Crippen LogP contribution in [0.2, 0.25) is 5.02 Å². The highest BCUT2D eigenvalue weighted by Crippen LogP contribution is 2.27. The molecule has 0 fully saturated rings. The number of hydrogen-bond donors (Lipinski definition) is 2. The minimum absolute atomic E-state index is 0.182. The smallest absolute Gasteiger partial charge is 0.334 e. The second kappa shape index (κ2) is 9.61. The number of aliphatic carboxylic acids is 1. The predicted octanol–water partition coefficient (Wildman–Crippen LogP) is 2.59. The van der Waals surface area contributed by atoms with Gasteiger partial charge in [-0.05, 0) is 38.0 Å². The fourth-order valence-electron chi connectivity index (χ4n) is 2.24. The first-order chi connectivity index (χ1) is 11.4. The zero-order chi connectivity index (χ0) is 18.2. The second-order valence-electron chi connectivity index (χ2n) is 5.27. The van der Waals surface area contributed by atoms with Crippen LogP contribution >= 0.6 is 11.6 Å². The molecule has 0 saturated heterocycles. The lowest BCUT2D eigenvalue weighted by molar-refractivity contribution is -0.151. The summed E-state index contributed by atoms with van der Waals surface area (Å²) in [5, 5.41) is 12.8. The van der Waals surface area contributed by atoms with Gasteiger partial charge in [-0.1, -0.05) is 30.7 Å². The summed E-state index contributed by atoms with van der Waals surface area (Å²) in [5.41, 5.74) is -1.07. The minimum Gasteiger partial charge on any atom is -0.479 e. The Morgan fingerprint density at radius 1 is 1.25 bits per heavy atom. The molecule has 7 heteroatoms. The van der Waals surface area contributed by atoms with Crippen molar-refractivity contribution in [2.24, 2.45) is 0 Å². The zero-order valence-electron chi connectivity index (χ0n) is 14.2. The normalized spacial score (nSPS) is 14.7. The van der Waals surface area contributed by atoms with Gasteiger partial charge in [0, 0.05) is 11.6 Å². The Morgan fingerprint density at radius 2 is 1.88 bits per heavy atom. The molecule has 1 rings (SSSR count).